The van der Waals surface area contributed by atoms with Crippen molar-refractivity contribution >= 4 is 17.4 Å². The molecule has 0 unspecified atom stereocenters. The minimum Gasteiger partial charge on any atom is -0.397 e. The number of hydrogen-bond donors (Lipinski definition) is 2. The number of aryl methyl sites for hydroxylation is 1. The molecule has 0 aliphatic rings. The van der Waals surface area contributed by atoms with Crippen molar-refractivity contribution in [3.8, 4) is 0 Å². The van der Waals surface area contributed by atoms with E-state index in [-0.39, 0.29) is 5.91 Å². The number of nitrogens with one attached hydrogen (secondary N) is 1. The zero-order valence-electron chi connectivity index (χ0n) is 11.0. The van der Waals surface area contributed by atoms with Gasteiger partial charge in [0.05, 0.1) is 11.9 Å². The largest absolute Gasteiger partial charge is 0.397 e. The highest BCUT2D eigenvalue weighted by Crippen LogP contribution is 2.14. The van der Waals surface area contributed by atoms with Crippen molar-refractivity contribution in [2.75, 3.05) is 17.2 Å². The Morgan fingerprint density at radius 2 is 2.26 bits per heavy atom. The van der Waals surface area contributed by atoms with Crippen molar-refractivity contribution in [3.05, 3.63) is 42.4 Å². The van der Waals surface area contributed by atoms with Crippen molar-refractivity contribution in [2.45, 2.75) is 19.8 Å². The van der Waals surface area contributed by atoms with Gasteiger partial charge in [-0.05, 0) is 37.6 Å². The first-order valence-electron chi connectivity index (χ1n) is 6.35. The molecule has 3 N–H and O–H groups in total. The number of rotatable bonds is 5. The van der Waals surface area contributed by atoms with Gasteiger partial charge in [-0.1, -0.05) is 0 Å². The van der Waals surface area contributed by atoms with E-state index in [0.29, 0.717) is 30.9 Å². The number of anilines is 2. The number of carbonyl (C=O) groups is 1. The number of hydrogen-bond acceptors (Lipinski definition) is 3. The molecule has 2 rings (SSSR count). The summed E-state index contributed by atoms with van der Waals surface area (Å²) < 4.78 is 0. The zero-order valence-corrected chi connectivity index (χ0v) is 11.0. The van der Waals surface area contributed by atoms with Crippen molar-refractivity contribution in [3.63, 3.8) is 0 Å². The maximum absolute atomic E-state index is 12.2. The molecule has 0 fully saturated rings. The fourth-order valence-corrected chi connectivity index (χ4v) is 1.92. The summed E-state index contributed by atoms with van der Waals surface area (Å²) in [4.78, 5) is 21.1. The Morgan fingerprint density at radius 3 is 2.84 bits per heavy atom. The molecule has 0 saturated heterocycles. The van der Waals surface area contributed by atoms with Gasteiger partial charge in [-0.3, -0.25) is 9.69 Å². The highest BCUT2D eigenvalue weighted by Gasteiger charge is 2.14. The molecule has 0 atom stereocenters. The van der Waals surface area contributed by atoms with Crippen molar-refractivity contribution in [1.82, 2.24) is 9.97 Å². The van der Waals surface area contributed by atoms with Crippen molar-refractivity contribution in [2.24, 2.45) is 0 Å². The van der Waals surface area contributed by atoms with Crippen LogP contribution in [0, 0.1) is 0 Å². The van der Waals surface area contributed by atoms with Gasteiger partial charge in [0.2, 0.25) is 5.91 Å². The summed E-state index contributed by atoms with van der Waals surface area (Å²) in [5.74, 6) is 0.711. The summed E-state index contributed by atoms with van der Waals surface area (Å²) in [6, 6.07) is 7.43. The van der Waals surface area contributed by atoms with Crippen LogP contribution in [-0.2, 0) is 11.2 Å². The fraction of sp³-hybridized carbons (Fsp3) is 0.286. The quantitative estimate of drug-likeness (QED) is 0.861. The smallest absolute Gasteiger partial charge is 0.228 e. The maximum atomic E-state index is 12.2. The average molecular weight is 258 g/mol. The number of nitrogens with zero attached hydrogens (tertiary/aromatic N) is 2. The Bertz CT molecular complexity index is 519. The van der Waals surface area contributed by atoms with Crippen LogP contribution in [0.3, 0.4) is 0 Å². The molecule has 5 heteroatoms. The fourth-order valence-electron chi connectivity index (χ4n) is 1.92. The second kappa shape index (κ2) is 6.04. The van der Waals surface area contributed by atoms with Gasteiger partial charge in [-0.2, -0.15) is 0 Å². The van der Waals surface area contributed by atoms with Gasteiger partial charge in [0, 0.05) is 24.9 Å². The van der Waals surface area contributed by atoms with Crippen LogP contribution < -0.4 is 10.6 Å². The zero-order chi connectivity index (χ0) is 13.7. The summed E-state index contributed by atoms with van der Waals surface area (Å²) in [7, 11) is 0. The van der Waals surface area contributed by atoms with Crippen LogP contribution >= 0.6 is 0 Å². The van der Waals surface area contributed by atoms with E-state index < -0.39 is 0 Å². The SMILES string of the molecule is CCN(C(=O)CCc1ccc[nH]1)c1ccc(N)cn1. The topological polar surface area (TPSA) is 75.0 Å². The van der Waals surface area contributed by atoms with E-state index in [2.05, 4.69) is 9.97 Å². The normalized spacial score (nSPS) is 10.4. The summed E-state index contributed by atoms with van der Waals surface area (Å²) in [6.07, 6.45) is 4.59. The van der Waals surface area contributed by atoms with E-state index >= 15 is 0 Å². The lowest BCUT2D eigenvalue weighted by Crippen LogP contribution is -2.31. The van der Waals surface area contributed by atoms with E-state index in [4.69, 9.17) is 5.73 Å². The van der Waals surface area contributed by atoms with Crippen LogP contribution in [0.15, 0.2) is 36.7 Å². The molecule has 5 nitrogen and oxygen atoms in total. The molecule has 1 amide bonds. The van der Waals surface area contributed by atoms with Gasteiger partial charge in [-0.25, -0.2) is 4.98 Å². The summed E-state index contributed by atoms with van der Waals surface area (Å²) in [6.45, 7) is 2.53. The van der Waals surface area contributed by atoms with Gasteiger partial charge in [-0.15, -0.1) is 0 Å². The van der Waals surface area contributed by atoms with Gasteiger partial charge in [0.15, 0.2) is 0 Å². The number of nitrogens with two attached hydrogens (primary N) is 1. The Hall–Kier alpha value is -2.30. The molecule has 0 saturated carbocycles. The Balaban J connectivity index is 2.00. The average Bonchev–Trinajstić information content (AvgIpc) is 2.92. The minimum atomic E-state index is 0.0642. The standard InChI is InChI=1S/C14H18N4O/c1-2-18(13-7-5-11(15)10-17-13)14(19)8-6-12-4-3-9-16-12/h3-5,7,9-10,16H,2,6,8,15H2,1H3. The Morgan fingerprint density at radius 1 is 1.42 bits per heavy atom. The third-order valence-electron chi connectivity index (χ3n) is 2.94. The van der Waals surface area contributed by atoms with Gasteiger partial charge in [0.25, 0.3) is 0 Å². The van der Waals surface area contributed by atoms with E-state index in [0.717, 1.165) is 5.69 Å². The van der Waals surface area contributed by atoms with Gasteiger partial charge >= 0.3 is 0 Å². The lowest BCUT2D eigenvalue weighted by molar-refractivity contribution is -0.118. The van der Waals surface area contributed by atoms with Gasteiger partial charge < -0.3 is 10.7 Å². The van der Waals surface area contributed by atoms with E-state index in [1.165, 1.54) is 0 Å². The van der Waals surface area contributed by atoms with Crippen LogP contribution in [0.5, 0.6) is 0 Å². The molecule has 2 aromatic heterocycles. The lowest BCUT2D eigenvalue weighted by Gasteiger charge is -2.19. The van der Waals surface area contributed by atoms with E-state index in [1.54, 1.807) is 23.2 Å². The minimum absolute atomic E-state index is 0.0642. The van der Waals surface area contributed by atoms with Crippen LogP contribution in [0.2, 0.25) is 0 Å². The summed E-state index contributed by atoms with van der Waals surface area (Å²) in [5, 5.41) is 0. The first-order chi connectivity index (χ1) is 9.20. The number of pyridine rings is 1. The molecule has 2 aromatic rings. The number of nitrogen functional groups attached to an aromatic ring is 1. The summed E-state index contributed by atoms with van der Waals surface area (Å²) in [5.41, 5.74) is 7.26. The van der Waals surface area contributed by atoms with Gasteiger partial charge in [0.1, 0.15) is 5.82 Å². The Kier molecular flexibility index (Phi) is 4.18. The van der Waals surface area contributed by atoms with Crippen LogP contribution in [0.25, 0.3) is 0 Å². The molecule has 0 radical (unpaired) electrons. The number of aromatic amines is 1. The summed E-state index contributed by atoms with van der Waals surface area (Å²) >= 11 is 0. The highest BCUT2D eigenvalue weighted by molar-refractivity contribution is 5.92. The first-order valence-corrected chi connectivity index (χ1v) is 6.35. The number of carbonyl (C=O) groups excluding carboxylic acids is 1. The third kappa shape index (κ3) is 3.34. The van der Waals surface area contributed by atoms with Crippen LogP contribution in [0.4, 0.5) is 11.5 Å². The predicted octanol–water partition coefficient (Wildman–Crippen LogP) is 1.98. The van der Waals surface area contributed by atoms with E-state index in [9.17, 15) is 4.79 Å². The Labute approximate surface area is 112 Å². The molecule has 0 aromatic carbocycles. The van der Waals surface area contributed by atoms with Crippen molar-refractivity contribution in [1.29, 1.82) is 0 Å². The molecule has 0 bridgehead atoms. The molecular formula is C14H18N4O. The molecular weight excluding hydrogens is 240 g/mol. The number of amides is 1. The molecule has 2 heterocycles. The van der Waals surface area contributed by atoms with Crippen molar-refractivity contribution < 1.29 is 4.79 Å². The molecule has 19 heavy (non-hydrogen) atoms. The maximum Gasteiger partial charge on any atom is 0.228 e. The second-order valence-corrected chi connectivity index (χ2v) is 4.28. The monoisotopic (exact) mass is 258 g/mol. The number of aromatic nitrogens is 2. The number of H-pyrrole nitrogens is 1. The predicted molar refractivity (Wildman–Crippen MR) is 75.8 cm³/mol. The first kappa shape index (κ1) is 13.1. The molecule has 100 valence electrons. The second-order valence-electron chi connectivity index (χ2n) is 4.28. The van der Waals surface area contributed by atoms with E-state index in [1.807, 2.05) is 25.3 Å². The molecule has 0 spiro atoms. The third-order valence-corrected chi connectivity index (χ3v) is 2.94. The highest BCUT2D eigenvalue weighted by atomic mass is 16.2. The molecule has 0 aliphatic carbocycles. The lowest BCUT2D eigenvalue weighted by atomic mass is 10.2. The van der Waals surface area contributed by atoms with Crippen LogP contribution in [-0.4, -0.2) is 22.4 Å². The van der Waals surface area contributed by atoms with Crippen LogP contribution in [0.1, 0.15) is 19.0 Å². The molecule has 0 aliphatic heterocycles.